The van der Waals surface area contributed by atoms with Crippen molar-refractivity contribution in [3.63, 3.8) is 0 Å². The number of aldehydes is 1. The molecule has 2 aromatic heterocycles. The second kappa shape index (κ2) is 23.9. The van der Waals surface area contributed by atoms with Gasteiger partial charge in [-0.2, -0.15) is 0 Å². The average molecular weight is 1280 g/mol. The number of aromatic nitrogens is 4. The molecule has 13 rings (SSSR count). The lowest BCUT2D eigenvalue weighted by Crippen LogP contribution is -2.76. The molecule has 3 aliphatic heterocycles. The molecule has 29 unspecified atom stereocenters. The van der Waals surface area contributed by atoms with Gasteiger partial charge in [0.25, 0.3) is 0 Å². The predicted octanol–water partition coefficient (Wildman–Crippen LogP) is 1.72. The molecule has 0 bridgehead atoms. The Kier molecular flexibility index (Phi) is 17.1. The van der Waals surface area contributed by atoms with E-state index in [9.17, 15) is 55.5 Å². The predicted molar refractivity (Wildman–Crippen MR) is 336 cm³/mol. The van der Waals surface area contributed by atoms with Crippen molar-refractivity contribution in [1.82, 2.24) is 35.9 Å². The highest BCUT2D eigenvalue weighted by Crippen LogP contribution is 2.81. The van der Waals surface area contributed by atoms with Crippen molar-refractivity contribution in [1.29, 1.82) is 0 Å². The fourth-order valence-corrected chi connectivity index (χ4v) is 23.2. The number of imidazole rings is 2. The van der Waals surface area contributed by atoms with Crippen molar-refractivity contribution in [3.05, 3.63) is 54.0 Å². The Labute approximate surface area is 538 Å². The third-order valence-corrected chi connectivity index (χ3v) is 27.8. The maximum atomic E-state index is 16.2. The molecule has 0 radical (unpaired) electrons. The highest BCUT2D eigenvalue weighted by Gasteiger charge is 2.80. The number of ether oxygens (including phenoxy) is 2. The molecule has 92 heavy (non-hydrogen) atoms. The Bertz CT molecular complexity index is 3230. The summed E-state index contributed by atoms with van der Waals surface area (Å²) >= 11 is 0. The quantitative estimate of drug-likeness (QED) is 0.0238. The Hall–Kier alpha value is -4.65. The fourth-order valence-electron chi connectivity index (χ4n) is 23.2. The number of allylic oxidation sites excluding steroid dienone is 3. The molecule has 17 N–H and O–H groups in total. The Morgan fingerprint density at radius 2 is 1.73 bits per heavy atom. The van der Waals surface area contributed by atoms with Gasteiger partial charge in [-0.15, -0.1) is 0 Å². The van der Waals surface area contributed by atoms with E-state index in [1.807, 2.05) is 19.9 Å². The number of aliphatic carboxylic acids is 1. The molecular weight excluding hydrogens is 1180 g/mol. The third kappa shape index (κ3) is 9.24. The standard InChI is InChI=1S/C69H101N9O14/c1-35(14-23-79)13-20-71-21-22-72-27-39(57(70)87)55(86)69(47-29-73-33-76-47)17-11-38-48-51(84)56(92-59-52(85)50(83)45(82)30-91-59)63(3,32-81)46-12-16-64(4)53(65(46,48)5)36(9-10-37-8-7-15-67(37)49(38)54(69)78-60(67)88)24-40-42-26-62(2,31-80)18-19-68(42,61(89)90)43-28-74-58-44(75-34-77-58)25-41(43)66(40,64)6/h11,17,23-24,29,33-39,41-43,45-46,48-57,59,71-72,74,80-87H,7-8,12-16,18-22,25-28,30-32,70H2,1-6H3,(H,73,76)(H,75,77)(H,78,88)(H,89,90). The minimum atomic E-state index is -1.74. The first-order chi connectivity index (χ1) is 43.8. The Morgan fingerprint density at radius 3 is 2.45 bits per heavy atom. The van der Waals surface area contributed by atoms with Crippen LogP contribution in [0.1, 0.15) is 117 Å². The van der Waals surface area contributed by atoms with Crippen LogP contribution in [0.2, 0.25) is 0 Å². The van der Waals surface area contributed by atoms with Crippen LogP contribution in [-0.2, 0) is 35.7 Å². The number of carbonyl (C=O) groups is 3. The van der Waals surface area contributed by atoms with Crippen molar-refractivity contribution < 1.29 is 69.8 Å². The van der Waals surface area contributed by atoms with Gasteiger partial charge in [-0.25, -0.2) is 9.97 Å². The maximum absolute atomic E-state index is 16.2. The number of aliphatic hydroxyl groups excluding tert-OH is 8. The molecule has 0 aromatic carbocycles. The van der Waals surface area contributed by atoms with E-state index in [1.165, 1.54) is 6.33 Å². The van der Waals surface area contributed by atoms with E-state index in [0.717, 1.165) is 24.0 Å². The van der Waals surface area contributed by atoms with Gasteiger partial charge in [0.1, 0.15) is 36.6 Å². The van der Waals surface area contributed by atoms with E-state index in [-0.39, 0.29) is 37.5 Å². The number of nitrogens with zero attached hydrogens (tertiary/aromatic N) is 2. The molecule has 11 aliphatic rings. The van der Waals surface area contributed by atoms with Crippen LogP contribution < -0.4 is 27.0 Å². The number of amides is 1. The summed E-state index contributed by atoms with van der Waals surface area (Å²) in [5.74, 6) is 0.948. The van der Waals surface area contributed by atoms with Crippen molar-refractivity contribution in [2.45, 2.75) is 173 Å². The normalized spacial score (nSPS) is 47.4. The Morgan fingerprint density at radius 1 is 0.946 bits per heavy atom. The van der Waals surface area contributed by atoms with Crippen LogP contribution in [0.5, 0.6) is 0 Å². The summed E-state index contributed by atoms with van der Waals surface area (Å²) in [7, 11) is 0. The smallest absolute Gasteiger partial charge is 0.310 e. The van der Waals surface area contributed by atoms with Gasteiger partial charge in [0, 0.05) is 86.1 Å². The first kappa shape index (κ1) is 66.0. The average Bonchev–Trinajstić information content (AvgIpc) is 0.839. The molecule has 2 saturated heterocycles. The van der Waals surface area contributed by atoms with E-state index < -0.39 is 170 Å². The van der Waals surface area contributed by atoms with E-state index in [1.54, 1.807) is 12.5 Å². The van der Waals surface area contributed by atoms with Gasteiger partial charge in [-0.1, -0.05) is 83.6 Å². The minimum Gasteiger partial charge on any atom is -0.481 e. The van der Waals surface area contributed by atoms with Gasteiger partial charge >= 0.3 is 5.97 Å². The molecule has 1 amide bonds. The topological polar surface area (TPSA) is 383 Å². The zero-order chi connectivity index (χ0) is 65.5. The monoisotopic (exact) mass is 1280 g/mol. The second-order valence-corrected chi connectivity index (χ2v) is 31.7. The Balaban J connectivity index is 1.02. The van der Waals surface area contributed by atoms with Crippen LogP contribution in [0.3, 0.4) is 0 Å². The van der Waals surface area contributed by atoms with Crippen LogP contribution >= 0.6 is 0 Å². The summed E-state index contributed by atoms with van der Waals surface area (Å²) < 4.78 is 13.0. The van der Waals surface area contributed by atoms with E-state index in [0.29, 0.717) is 102 Å². The summed E-state index contributed by atoms with van der Waals surface area (Å²) in [6.45, 7) is 14.1. The number of anilines is 1. The lowest BCUT2D eigenvalue weighted by molar-refractivity contribution is -0.346. The molecule has 5 heterocycles. The minimum absolute atomic E-state index is 0.0731. The molecule has 2 aromatic rings. The number of nitrogens with two attached hydrogens (primary N) is 1. The zero-order valence-corrected chi connectivity index (χ0v) is 54.1. The molecule has 5 saturated carbocycles. The van der Waals surface area contributed by atoms with Gasteiger partial charge in [0.05, 0.1) is 72.2 Å². The largest absolute Gasteiger partial charge is 0.481 e. The van der Waals surface area contributed by atoms with Crippen LogP contribution in [0.25, 0.3) is 0 Å². The molecule has 7 fully saturated rings. The van der Waals surface area contributed by atoms with Gasteiger partial charge in [-0.05, 0) is 127 Å². The number of hydrogen-bond acceptors (Lipinski definition) is 19. The molecular formula is C69H101N9O14. The summed E-state index contributed by atoms with van der Waals surface area (Å²) in [5.41, 5.74) is 0.398. The van der Waals surface area contributed by atoms with Gasteiger partial charge in [0.15, 0.2) is 6.29 Å². The van der Waals surface area contributed by atoms with Crippen LogP contribution in [-0.4, -0.2) is 192 Å². The maximum Gasteiger partial charge on any atom is 0.310 e. The van der Waals surface area contributed by atoms with Crippen LogP contribution in [0.15, 0.2) is 42.7 Å². The number of fused-ring (bicyclic) bond motifs is 9. The molecule has 506 valence electrons. The van der Waals surface area contributed by atoms with E-state index in [4.69, 9.17) is 20.2 Å². The van der Waals surface area contributed by atoms with Crippen LogP contribution in [0, 0.1) is 121 Å². The highest BCUT2D eigenvalue weighted by molar-refractivity contribution is 5.88. The zero-order valence-electron chi connectivity index (χ0n) is 54.1. The van der Waals surface area contributed by atoms with Gasteiger partial charge < -0.3 is 97.2 Å². The molecule has 29 atom stereocenters. The number of carboxylic acids is 1. The van der Waals surface area contributed by atoms with Crippen molar-refractivity contribution in [2.75, 3.05) is 57.9 Å². The fraction of sp³-hybridized carbons (Fsp3) is 0.783. The van der Waals surface area contributed by atoms with Crippen molar-refractivity contribution >= 4 is 24.0 Å². The number of hydrogen-bond donors (Lipinski definition) is 16. The third-order valence-electron chi connectivity index (χ3n) is 27.8. The lowest BCUT2D eigenvalue weighted by Gasteiger charge is -2.76. The van der Waals surface area contributed by atoms with E-state index in [2.05, 4.69) is 87.9 Å². The number of aromatic amines is 2. The summed E-state index contributed by atoms with van der Waals surface area (Å²) in [4.78, 5) is 58.2. The molecule has 23 heteroatoms. The van der Waals surface area contributed by atoms with Crippen molar-refractivity contribution in [2.24, 2.45) is 115 Å². The number of rotatable bonds is 19. The highest BCUT2D eigenvalue weighted by atomic mass is 16.7. The SMILES string of the molecule is CC(CC=O)CCNCCNCC(C(N)O)C(O)C1(c2cnc[nH]2)C=CC2C3C1NC(=O)C31CCCC1C#CC1C=C3C4CC(C)(CO)CCC4(C(=O)O)C4CNc5nc[nH]c5CC4C3(C)C3(C)CCC4C(C)(CO)C(OC5OCC(O)C(O)C5O)C(O)C2C4(C)C13. The molecule has 1 spiro atoms. The second-order valence-electron chi connectivity index (χ2n) is 31.7. The molecule has 8 aliphatic carbocycles. The number of aliphatic hydroxyl groups is 8. The van der Waals surface area contributed by atoms with Crippen LogP contribution in [0.4, 0.5) is 5.82 Å². The van der Waals surface area contributed by atoms with Gasteiger partial charge in [0.2, 0.25) is 5.91 Å². The summed E-state index contributed by atoms with van der Waals surface area (Å²) in [5, 5.41) is 123. The summed E-state index contributed by atoms with van der Waals surface area (Å²) in [6, 6.07) is -0.947. The lowest BCUT2D eigenvalue weighted by atomic mass is 9.27. The first-order valence-corrected chi connectivity index (χ1v) is 34.2. The van der Waals surface area contributed by atoms with E-state index >= 15 is 4.79 Å². The molecule has 23 nitrogen and oxygen atoms in total. The van der Waals surface area contributed by atoms with Crippen molar-refractivity contribution in [3.8, 4) is 11.8 Å². The number of carbonyl (C=O) groups excluding carboxylic acids is 2. The number of H-pyrrole nitrogens is 2. The van der Waals surface area contributed by atoms with Gasteiger partial charge in [-0.3, -0.25) is 9.59 Å². The number of nitrogens with one attached hydrogen (secondary N) is 6. The first-order valence-electron chi connectivity index (χ1n) is 34.2. The summed E-state index contributed by atoms with van der Waals surface area (Å²) in [6.07, 6.45) is 5.58. The number of carboxylic acid groups (broad SMARTS) is 1.